The molecule has 0 amide bonds. The summed E-state index contributed by atoms with van der Waals surface area (Å²) in [4.78, 5) is 16.4. The van der Waals surface area contributed by atoms with Crippen LogP contribution in [0.5, 0.6) is 0 Å². The van der Waals surface area contributed by atoms with E-state index in [2.05, 4.69) is 32.7 Å². The molecule has 4 aliphatic rings. The lowest BCUT2D eigenvalue weighted by molar-refractivity contribution is -0.203. The number of aliphatic hydroxyl groups excluding tert-OH is 2. The zero-order valence-electron chi connectivity index (χ0n) is 24.2. The van der Waals surface area contributed by atoms with Gasteiger partial charge in [-0.05, 0) is 104 Å². The van der Waals surface area contributed by atoms with Crippen LogP contribution in [0.15, 0.2) is 15.9 Å². The van der Waals surface area contributed by atoms with Crippen LogP contribution >= 0.6 is 11.3 Å². The third kappa shape index (κ3) is 5.18. The summed E-state index contributed by atoms with van der Waals surface area (Å²) >= 11 is 1.06. The molecule has 0 aliphatic heterocycles. The minimum absolute atomic E-state index is 0.0320. The van der Waals surface area contributed by atoms with Crippen molar-refractivity contribution in [3.63, 3.8) is 0 Å². The predicted molar refractivity (Wildman–Crippen MR) is 154 cm³/mol. The molecule has 220 valence electrons. The van der Waals surface area contributed by atoms with E-state index in [4.69, 9.17) is 0 Å². The largest absolute Gasteiger partial charge is 0.393 e. The molecular formula is C31H49NO5S2. The summed E-state index contributed by atoms with van der Waals surface area (Å²) in [5.74, 6) is 2.48. The lowest BCUT2D eigenvalue weighted by atomic mass is 9.41. The summed E-state index contributed by atoms with van der Waals surface area (Å²) < 4.78 is 24.9. The number of nitrogens with zero attached hydrogens (tertiary/aromatic N) is 1. The van der Waals surface area contributed by atoms with Crippen LogP contribution in [0.2, 0.25) is 0 Å². The van der Waals surface area contributed by atoms with Crippen molar-refractivity contribution in [2.45, 2.75) is 115 Å². The average Bonchev–Trinajstić information content (AvgIpc) is 3.54. The Kier molecular flexibility index (Phi) is 8.45. The fourth-order valence-corrected chi connectivity index (χ4v) is 12.7. The maximum absolute atomic E-state index is 12.5. The van der Waals surface area contributed by atoms with Crippen molar-refractivity contribution in [3.05, 3.63) is 11.6 Å². The summed E-state index contributed by atoms with van der Waals surface area (Å²) in [7, 11) is -3.63. The first-order valence-electron chi connectivity index (χ1n) is 15.4. The zero-order valence-corrected chi connectivity index (χ0v) is 25.9. The summed E-state index contributed by atoms with van der Waals surface area (Å²) in [6, 6.07) is 0. The second-order valence-electron chi connectivity index (χ2n) is 14.1. The van der Waals surface area contributed by atoms with Crippen molar-refractivity contribution in [2.24, 2.45) is 52.3 Å². The van der Waals surface area contributed by atoms with Gasteiger partial charge >= 0.3 is 0 Å². The highest BCUT2D eigenvalue weighted by Gasteiger charge is 2.64. The van der Waals surface area contributed by atoms with Gasteiger partial charge in [-0.1, -0.05) is 40.5 Å². The molecule has 0 bridgehead atoms. The highest BCUT2D eigenvalue weighted by Crippen LogP contribution is 2.69. The Hall–Kier alpha value is -0.830. The Bertz CT molecular complexity index is 1120. The number of carbonyl (C=O) groups excluding carboxylic acids is 1. The Balaban J connectivity index is 1.23. The summed E-state index contributed by atoms with van der Waals surface area (Å²) in [5.41, 5.74) is 0.420. The van der Waals surface area contributed by atoms with E-state index < -0.39 is 15.6 Å². The van der Waals surface area contributed by atoms with Crippen molar-refractivity contribution in [3.8, 4) is 0 Å². The smallest absolute Gasteiger partial charge is 0.212 e. The first kappa shape index (κ1) is 29.7. The van der Waals surface area contributed by atoms with E-state index in [-0.39, 0.29) is 39.1 Å². The van der Waals surface area contributed by atoms with Crippen molar-refractivity contribution < 1.29 is 23.4 Å². The molecule has 39 heavy (non-hydrogen) atoms. The molecule has 6 nitrogen and oxygen atoms in total. The molecule has 1 aromatic rings. The van der Waals surface area contributed by atoms with Crippen LogP contribution in [0, 0.1) is 52.3 Å². The van der Waals surface area contributed by atoms with Gasteiger partial charge in [0.2, 0.25) is 14.2 Å². The number of Topliss-reactive ketones (excluding diaryl/α,β-unsaturated/α-hetero) is 1. The molecule has 0 aromatic carbocycles. The third-order valence-corrected chi connectivity index (χ3v) is 15.2. The molecule has 8 heteroatoms. The maximum atomic E-state index is 12.5. The number of ketones is 1. The fourth-order valence-electron chi connectivity index (χ4n) is 10.5. The normalized spacial score (nSPS) is 42.8. The van der Waals surface area contributed by atoms with E-state index in [0.717, 1.165) is 49.9 Å². The van der Waals surface area contributed by atoms with Gasteiger partial charge in [0.1, 0.15) is 11.5 Å². The van der Waals surface area contributed by atoms with Gasteiger partial charge in [-0.3, -0.25) is 4.79 Å². The molecule has 4 aliphatic carbocycles. The van der Waals surface area contributed by atoms with Gasteiger partial charge < -0.3 is 10.2 Å². The van der Waals surface area contributed by atoms with Gasteiger partial charge in [-0.2, -0.15) is 0 Å². The van der Waals surface area contributed by atoms with Crippen LogP contribution in [-0.2, 0) is 14.6 Å². The van der Waals surface area contributed by atoms with Crippen molar-refractivity contribution in [1.82, 2.24) is 4.98 Å². The van der Waals surface area contributed by atoms with E-state index in [9.17, 15) is 23.4 Å². The lowest BCUT2D eigenvalue weighted by Crippen LogP contribution is -2.62. The quantitative estimate of drug-likeness (QED) is 0.376. The van der Waals surface area contributed by atoms with Gasteiger partial charge in [-0.25, -0.2) is 13.4 Å². The zero-order chi connectivity index (χ0) is 28.2. The highest BCUT2D eigenvalue weighted by molar-refractivity contribution is 7.93. The number of rotatable bonds is 9. The molecule has 1 aromatic heterocycles. The number of hydrogen-bond acceptors (Lipinski definition) is 7. The van der Waals surface area contributed by atoms with Gasteiger partial charge in [0, 0.05) is 18.0 Å². The number of carbonyl (C=O) groups is 1. The van der Waals surface area contributed by atoms with Crippen LogP contribution in [0.3, 0.4) is 0 Å². The van der Waals surface area contributed by atoms with Crippen LogP contribution in [0.4, 0.5) is 0 Å². The second kappa shape index (κ2) is 11.1. The number of hydrogen-bond donors (Lipinski definition) is 2. The van der Waals surface area contributed by atoms with E-state index >= 15 is 0 Å². The molecule has 4 fully saturated rings. The Labute approximate surface area is 239 Å². The first-order chi connectivity index (χ1) is 18.4. The Morgan fingerprint density at radius 2 is 1.82 bits per heavy atom. The molecule has 0 unspecified atom stereocenters. The maximum Gasteiger partial charge on any atom is 0.212 e. The minimum Gasteiger partial charge on any atom is -0.393 e. The fraction of sp³-hybridized carbons (Fsp3) is 0.871. The molecule has 0 radical (unpaired) electrons. The highest BCUT2D eigenvalue weighted by atomic mass is 32.2. The Morgan fingerprint density at radius 3 is 2.51 bits per heavy atom. The second-order valence-corrected chi connectivity index (χ2v) is 17.1. The minimum atomic E-state index is -3.63. The summed E-state index contributed by atoms with van der Waals surface area (Å²) in [5, 5.41) is 24.0. The van der Waals surface area contributed by atoms with Gasteiger partial charge in [0.15, 0.2) is 0 Å². The average molecular weight is 580 g/mol. The monoisotopic (exact) mass is 579 g/mol. The molecular weight excluding hydrogens is 530 g/mol. The van der Waals surface area contributed by atoms with Crippen molar-refractivity contribution >= 4 is 27.0 Å². The van der Waals surface area contributed by atoms with E-state index in [1.807, 2.05) is 0 Å². The molecule has 0 saturated heterocycles. The van der Waals surface area contributed by atoms with Gasteiger partial charge in [0.05, 0.1) is 12.2 Å². The Morgan fingerprint density at radius 1 is 1.10 bits per heavy atom. The molecule has 1 heterocycles. The van der Waals surface area contributed by atoms with Crippen molar-refractivity contribution in [2.75, 3.05) is 5.75 Å². The van der Waals surface area contributed by atoms with Crippen LogP contribution in [-0.4, -0.2) is 47.4 Å². The summed E-state index contributed by atoms with van der Waals surface area (Å²) in [6.07, 6.45) is 11.5. The standard InChI is InChI=1S/C31H49NO5S2/c1-5-22-26-17-20(33)11-13-31(26,4)25-12-14-30(3)23(9-10-24(30)27(25)28(22)35)19(2)7-6-8-21(34)18-39(36,37)29-32-15-16-38-29/h15-16,19-20,22-28,33,35H,5-14,17-18H2,1-4H3/t19-,20-,22-,23-,24+,25+,26+,27+,28-,30-,31-/m1/s1. The SMILES string of the molecule is CC[C@H]1[C@@H](O)[C@@H]2[C@H](CC[C@]3(C)[C@@H]([C@H](C)CCCC(=O)CS(=O)(=O)c4nccs4)CC[C@@H]23)[C@@]2(C)CC[C@@H](O)C[C@@H]12. The third-order valence-electron chi connectivity index (χ3n) is 12.3. The number of aromatic nitrogens is 1. The van der Waals surface area contributed by atoms with E-state index in [1.54, 1.807) is 5.38 Å². The van der Waals surface area contributed by atoms with Gasteiger partial charge in [-0.15, -0.1) is 11.3 Å². The molecule has 11 atom stereocenters. The van der Waals surface area contributed by atoms with Crippen LogP contribution < -0.4 is 0 Å². The lowest BCUT2D eigenvalue weighted by Gasteiger charge is -2.64. The number of sulfone groups is 1. The van der Waals surface area contributed by atoms with Crippen LogP contribution in [0.25, 0.3) is 0 Å². The number of fused-ring (bicyclic) bond motifs is 5. The molecule has 0 spiro atoms. The van der Waals surface area contributed by atoms with E-state index in [0.29, 0.717) is 41.9 Å². The molecule has 4 saturated carbocycles. The van der Waals surface area contributed by atoms with Crippen molar-refractivity contribution in [1.29, 1.82) is 0 Å². The number of aliphatic hydroxyl groups is 2. The number of thiazole rings is 1. The summed E-state index contributed by atoms with van der Waals surface area (Å²) in [6.45, 7) is 9.52. The van der Waals surface area contributed by atoms with Gasteiger partial charge in [0.25, 0.3) is 0 Å². The topological polar surface area (TPSA) is 105 Å². The molecule has 5 rings (SSSR count). The predicted octanol–water partition coefficient (Wildman–Crippen LogP) is 5.92. The van der Waals surface area contributed by atoms with E-state index in [1.165, 1.54) is 31.9 Å². The first-order valence-corrected chi connectivity index (χ1v) is 18.0. The molecule has 2 N–H and O–H groups in total. The van der Waals surface area contributed by atoms with Crippen LogP contribution in [0.1, 0.15) is 98.3 Å².